The van der Waals surface area contributed by atoms with E-state index in [1.54, 1.807) is 17.3 Å². The van der Waals surface area contributed by atoms with Crippen molar-refractivity contribution in [2.45, 2.75) is 13.5 Å². The highest BCUT2D eigenvalue weighted by Crippen LogP contribution is 2.19. The Morgan fingerprint density at radius 2 is 2.15 bits per heavy atom. The molecule has 0 saturated heterocycles. The number of nitrogens with one attached hydrogen (secondary N) is 1. The first-order valence-corrected chi connectivity index (χ1v) is 6.27. The smallest absolute Gasteiger partial charge is 0.143 e. The quantitative estimate of drug-likeness (QED) is 0.773. The zero-order chi connectivity index (χ0) is 13.9. The van der Waals surface area contributed by atoms with E-state index in [0.29, 0.717) is 0 Å². The molecule has 3 rings (SSSR count). The fourth-order valence-corrected chi connectivity index (χ4v) is 1.96. The van der Waals surface area contributed by atoms with Crippen LogP contribution in [0.3, 0.4) is 0 Å². The van der Waals surface area contributed by atoms with Gasteiger partial charge >= 0.3 is 0 Å². The van der Waals surface area contributed by atoms with Gasteiger partial charge in [-0.15, -0.1) is 5.10 Å². The monoisotopic (exact) mass is 269 g/mol. The van der Waals surface area contributed by atoms with Gasteiger partial charge in [0.05, 0.1) is 24.3 Å². The SMILES string of the molecule is Cc1ccc(-n2cnnn2)cc1NCc1cncn1C. The summed E-state index contributed by atoms with van der Waals surface area (Å²) in [6.07, 6.45) is 5.23. The molecule has 2 heterocycles. The zero-order valence-corrected chi connectivity index (χ0v) is 11.4. The van der Waals surface area contributed by atoms with E-state index in [0.717, 1.165) is 23.6 Å². The second-order valence-electron chi connectivity index (χ2n) is 4.60. The van der Waals surface area contributed by atoms with Crippen LogP contribution in [-0.4, -0.2) is 29.8 Å². The number of hydrogen-bond acceptors (Lipinski definition) is 5. The van der Waals surface area contributed by atoms with E-state index in [1.807, 2.05) is 36.0 Å². The third-order valence-corrected chi connectivity index (χ3v) is 3.21. The molecule has 0 aliphatic carbocycles. The van der Waals surface area contributed by atoms with E-state index in [9.17, 15) is 0 Å². The topological polar surface area (TPSA) is 73.5 Å². The molecule has 0 bridgehead atoms. The molecular formula is C13H15N7. The summed E-state index contributed by atoms with van der Waals surface area (Å²) in [5, 5.41) is 14.6. The molecule has 0 saturated carbocycles. The van der Waals surface area contributed by atoms with Crippen molar-refractivity contribution in [2.75, 3.05) is 5.32 Å². The van der Waals surface area contributed by atoms with E-state index < -0.39 is 0 Å². The predicted octanol–water partition coefficient (Wildman–Crippen LogP) is 1.32. The molecule has 1 aromatic carbocycles. The van der Waals surface area contributed by atoms with E-state index in [2.05, 4.69) is 32.7 Å². The molecule has 3 aromatic rings. The lowest BCUT2D eigenvalue weighted by molar-refractivity contribution is 0.788. The van der Waals surface area contributed by atoms with Gasteiger partial charge in [-0.25, -0.2) is 9.67 Å². The number of tetrazole rings is 1. The first-order valence-electron chi connectivity index (χ1n) is 6.27. The van der Waals surface area contributed by atoms with Gasteiger partial charge < -0.3 is 9.88 Å². The Labute approximate surface area is 116 Å². The lowest BCUT2D eigenvalue weighted by Crippen LogP contribution is -2.06. The Kier molecular flexibility index (Phi) is 3.16. The molecule has 0 amide bonds. The van der Waals surface area contributed by atoms with Crippen LogP contribution in [0.1, 0.15) is 11.3 Å². The molecule has 0 spiro atoms. The van der Waals surface area contributed by atoms with E-state index >= 15 is 0 Å². The van der Waals surface area contributed by atoms with E-state index in [-0.39, 0.29) is 0 Å². The highest BCUT2D eigenvalue weighted by Gasteiger charge is 2.04. The van der Waals surface area contributed by atoms with E-state index in [1.165, 1.54) is 5.56 Å². The number of rotatable bonds is 4. The van der Waals surface area contributed by atoms with Gasteiger partial charge in [-0.2, -0.15) is 0 Å². The van der Waals surface area contributed by atoms with Crippen molar-refractivity contribution in [1.29, 1.82) is 0 Å². The molecule has 0 radical (unpaired) electrons. The average Bonchev–Trinajstić information content (AvgIpc) is 3.10. The van der Waals surface area contributed by atoms with Crippen LogP contribution in [0, 0.1) is 6.92 Å². The number of hydrogen-bond donors (Lipinski definition) is 1. The number of imidazole rings is 1. The van der Waals surface area contributed by atoms with Gasteiger partial charge in [-0.05, 0) is 35.0 Å². The molecule has 0 atom stereocenters. The molecule has 0 aliphatic heterocycles. The van der Waals surface area contributed by atoms with Gasteiger partial charge in [0.15, 0.2) is 0 Å². The summed E-state index contributed by atoms with van der Waals surface area (Å²) >= 11 is 0. The van der Waals surface area contributed by atoms with Crippen molar-refractivity contribution >= 4 is 5.69 Å². The molecule has 20 heavy (non-hydrogen) atoms. The van der Waals surface area contributed by atoms with Gasteiger partial charge in [-0.3, -0.25) is 0 Å². The molecule has 7 nitrogen and oxygen atoms in total. The van der Waals surface area contributed by atoms with Gasteiger partial charge in [0.2, 0.25) is 0 Å². The number of benzene rings is 1. The Bertz CT molecular complexity index is 699. The minimum absolute atomic E-state index is 0.719. The highest BCUT2D eigenvalue weighted by molar-refractivity contribution is 5.56. The van der Waals surface area contributed by atoms with Crippen LogP contribution >= 0.6 is 0 Å². The van der Waals surface area contributed by atoms with Crippen LogP contribution in [-0.2, 0) is 13.6 Å². The first-order chi connectivity index (χ1) is 9.74. The predicted molar refractivity (Wildman–Crippen MR) is 74.4 cm³/mol. The van der Waals surface area contributed by atoms with Crippen LogP contribution in [0.4, 0.5) is 5.69 Å². The number of anilines is 1. The van der Waals surface area contributed by atoms with Crippen molar-refractivity contribution in [3.8, 4) is 5.69 Å². The van der Waals surface area contributed by atoms with Crippen LogP contribution in [0.2, 0.25) is 0 Å². The first kappa shape index (κ1) is 12.3. The Balaban J connectivity index is 1.82. The molecule has 2 aromatic heterocycles. The summed E-state index contributed by atoms with van der Waals surface area (Å²) in [6, 6.07) is 6.06. The van der Waals surface area contributed by atoms with Gasteiger partial charge in [-0.1, -0.05) is 6.07 Å². The molecular weight excluding hydrogens is 254 g/mol. The summed E-state index contributed by atoms with van der Waals surface area (Å²) in [7, 11) is 1.98. The van der Waals surface area contributed by atoms with Gasteiger partial charge in [0.25, 0.3) is 0 Å². The van der Waals surface area contributed by atoms with Crippen molar-refractivity contribution < 1.29 is 0 Å². The average molecular weight is 269 g/mol. The lowest BCUT2D eigenvalue weighted by Gasteiger charge is -2.11. The van der Waals surface area contributed by atoms with Gasteiger partial charge in [0.1, 0.15) is 6.33 Å². The summed E-state index contributed by atoms with van der Waals surface area (Å²) < 4.78 is 3.63. The van der Waals surface area contributed by atoms with Crippen molar-refractivity contribution in [2.24, 2.45) is 7.05 Å². The standard InChI is InChI=1S/C13H15N7/c1-10-3-4-11(20-9-16-17-18-20)5-13(10)15-7-12-6-14-8-19(12)2/h3-6,8-9,15H,7H2,1-2H3. The molecule has 0 unspecified atom stereocenters. The molecule has 0 fully saturated rings. The molecule has 0 aliphatic rings. The fraction of sp³-hybridized carbons (Fsp3) is 0.231. The molecule has 1 N–H and O–H groups in total. The zero-order valence-electron chi connectivity index (χ0n) is 11.4. The minimum atomic E-state index is 0.719. The van der Waals surface area contributed by atoms with Crippen LogP contribution in [0.15, 0.2) is 37.1 Å². The van der Waals surface area contributed by atoms with Crippen LogP contribution < -0.4 is 5.32 Å². The van der Waals surface area contributed by atoms with E-state index in [4.69, 9.17) is 0 Å². The number of aromatic nitrogens is 6. The maximum Gasteiger partial charge on any atom is 0.143 e. The third-order valence-electron chi connectivity index (χ3n) is 3.21. The number of aryl methyl sites for hydroxylation is 2. The second-order valence-corrected chi connectivity index (χ2v) is 4.60. The van der Waals surface area contributed by atoms with Gasteiger partial charge in [0, 0.05) is 18.9 Å². The summed E-state index contributed by atoms with van der Waals surface area (Å²) in [4.78, 5) is 4.11. The summed E-state index contributed by atoms with van der Waals surface area (Å²) in [5.41, 5.74) is 4.27. The van der Waals surface area contributed by atoms with Crippen molar-refractivity contribution in [3.63, 3.8) is 0 Å². The Morgan fingerprint density at radius 1 is 1.25 bits per heavy atom. The largest absolute Gasteiger partial charge is 0.379 e. The van der Waals surface area contributed by atoms with Crippen molar-refractivity contribution in [1.82, 2.24) is 29.8 Å². The maximum atomic E-state index is 4.11. The summed E-state index contributed by atoms with van der Waals surface area (Å²) in [6.45, 7) is 2.78. The minimum Gasteiger partial charge on any atom is -0.379 e. The summed E-state index contributed by atoms with van der Waals surface area (Å²) in [5.74, 6) is 0. The van der Waals surface area contributed by atoms with Crippen molar-refractivity contribution in [3.05, 3.63) is 48.3 Å². The third kappa shape index (κ3) is 2.37. The Hall–Kier alpha value is -2.70. The Morgan fingerprint density at radius 3 is 2.85 bits per heavy atom. The molecule has 7 heteroatoms. The maximum absolute atomic E-state index is 4.11. The molecule has 102 valence electrons. The highest BCUT2D eigenvalue weighted by atomic mass is 15.5. The normalized spacial score (nSPS) is 10.7. The van der Waals surface area contributed by atoms with Crippen LogP contribution in [0.5, 0.6) is 0 Å². The number of nitrogens with zero attached hydrogens (tertiary/aromatic N) is 6. The second kappa shape index (κ2) is 5.12. The lowest BCUT2D eigenvalue weighted by atomic mass is 10.2. The van der Waals surface area contributed by atoms with Crippen LogP contribution in [0.25, 0.3) is 5.69 Å². The fourth-order valence-electron chi connectivity index (χ4n) is 1.96.